The maximum atomic E-state index is 4.53. The highest BCUT2D eigenvalue weighted by atomic mass is 79.9. The molecule has 1 heterocycles. The van der Waals surface area contributed by atoms with E-state index in [1.165, 1.54) is 18.4 Å². The maximum Gasteiger partial charge on any atom is 0.133 e. The topological polar surface area (TPSA) is 28.2 Å². The second kappa shape index (κ2) is 5.15. The second-order valence-electron chi connectivity index (χ2n) is 4.26. The molecule has 1 aliphatic carbocycles. The van der Waals surface area contributed by atoms with Crippen molar-refractivity contribution in [1.82, 2.24) is 10.3 Å². The summed E-state index contributed by atoms with van der Waals surface area (Å²) in [5, 5.41) is 3.36. The zero-order valence-corrected chi connectivity index (χ0v) is 11.4. The van der Waals surface area contributed by atoms with Crippen molar-refractivity contribution >= 4 is 21.7 Å². The number of halogens is 1. The van der Waals surface area contributed by atoms with Gasteiger partial charge in [0.1, 0.15) is 5.82 Å². The van der Waals surface area contributed by atoms with E-state index in [1.54, 1.807) is 0 Å². The SMILES string of the molecule is CCNCc1cc(Br)cnc1N(C)C1CC1. The molecule has 1 aromatic rings. The lowest BCUT2D eigenvalue weighted by Gasteiger charge is -2.21. The van der Waals surface area contributed by atoms with E-state index in [2.05, 4.69) is 51.2 Å². The van der Waals surface area contributed by atoms with Gasteiger partial charge in [0.25, 0.3) is 0 Å². The van der Waals surface area contributed by atoms with Crippen molar-refractivity contribution in [2.24, 2.45) is 0 Å². The second-order valence-corrected chi connectivity index (χ2v) is 5.17. The Morgan fingerprint density at radius 2 is 2.31 bits per heavy atom. The van der Waals surface area contributed by atoms with Gasteiger partial charge >= 0.3 is 0 Å². The van der Waals surface area contributed by atoms with Crippen LogP contribution in [0.4, 0.5) is 5.82 Å². The number of rotatable bonds is 5. The van der Waals surface area contributed by atoms with E-state index in [0.717, 1.165) is 23.4 Å². The molecule has 0 aliphatic heterocycles. The first kappa shape index (κ1) is 11.9. The molecule has 0 aromatic carbocycles. The predicted molar refractivity (Wildman–Crippen MR) is 70.7 cm³/mol. The minimum absolute atomic E-state index is 0.703. The van der Waals surface area contributed by atoms with Crippen molar-refractivity contribution in [1.29, 1.82) is 0 Å². The third-order valence-corrected chi connectivity index (χ3v) is 3.34. The first-order valence-electron chi connectivity index (χ1n) is 5.80. The molecule has 0 radical (unpaired) electrons. The lowest BCUT2D eigenvalue weighted by Crippen LogP contribution is -2.24. The molecule has 1 saturated carbocycles. The highest BCUT2D eigenvalue weighted by Crippen LogP contribution is 2.31. The van der Waals surface area contributed by atoms with Gasteiger partial charge in [-0.25, -0.2) is 4.98 Å². The summed E-state index contributed by atoms with van der Waals surface area (Å²) in [5.74, 6) is 1.12. The third-order valence-electron chi connectivity index (χ3n) is 2.90. The monoisotopic (exact) mass is 283 g/mol. The Labute approximate surface area is 105 Å². The molecular weight excluding hydrogens is 266 g/mol. The van der Waals surface area contributed by atoms with Gasteiger partial charge in [0.15, 0.2) is 0 Å². The Morgan fingerprint density at radius 3 is 2.94 bits per heavy atom. The molecule has 3 nitrogen and oxygen atoms in total. The van der Waals surface area contributed by atoms with Crippen molar-refractivity contribution in [3.63, 3.8) is 0 Å². The van der Waals surface area contributed by atoms with Crippen molar-refractivity contribution < 1.29 is 0 Å². The molecule has 1 N–H and O–H groups in total. The van der Waals surface area contributed by atoms with E-state index < -0.39 is 0 Å². The van der Waals surface area contributed by atoms with Gasteiger partial charge in [-0.05, 0) is 41.4 Å². The van der Waals surface area contributed by atoms with E-state index in [4.69, 9.17) is 0 Å². The largest absolute Gasteiger partial charge is 0.356 e. The fourth-order valence-electron chi connectivity index (χ4n) is 1.82. The molecule has 0 spiro atoms. The summed E-state index contributed by atoms with van der Waals surface area (Å²) in [4.78, 5) is 6.84. The van der Waals surface area contributed by atoms with Crippen LogP contribution in [-0.2, 0) is 6.54 Å². The minimum atomic E-state index is 0.703. The summed E-state index contributed by atoms with van der Waals surface area (Å²) >= 11 is 3.48. The fourth-order valence-corrected chi connectivity index (χ4v) is 2.19. The van der Waals surface area contributed by atoms with E-state index in [0.29, 0.717) is 6.04 Å². The fraction of sp³-hybridized carbons (Fsp3) is 0.583. The van der Waals surface area contributed by atoms with Crippen LogP contribution in [0.15, 0.2) is 16.7 Å². The number of hydrogen-bond acceptors (Lipinski definition) is 3. The number of anilines is 1. The number of pyridine rings is 1. The Balaban J connectivity index is 2.20. The Kier molecular flexibility index (Phi) is 3.82. The van der Waals surface area contributed by atoms with Gasteiger partial charge < -0.3 is 10.2 Å². The Hall–Kier alpha value is -0.610. The molecule has 1 fully saturated rings. The van der Waals surface area contributed by atoms with Crippen LogP contribution >= 0.6 is 15.9 Å². The standard InChI is InChI=1S/C12H18BrN3/c1-3-14-7-9-6-10(13)8-15-12(9)16(2)11-4-5-11/h6,8,11,14H,3-5,7H2,1-2H3. The molecule has 16 heavy (non-hydrogen) atoms. The summed E-state index contributed by atoms with van der Waals surface area (Å²) < 4.78 is 1.05. The summed E-state index contributed by atoms with van der Waals surface area (Å²) in [6.45, 7) is 3.99. The van der Waals surface area contributed by atoms with Crippen LogP contribution in [0.2, 0.25) is 0 Å². The van der Waals surface area contributed by atoms with Crippen molar-refractivity contribution in [3.05, 3.63) is 22.3 Å². The van der Waals surface area contributed by atoms with Crippen LogP contribution in [-0.4, -0.2) is 24.6 Å². The van der Waals surface area contributed by atoms with Crippen LogP contribution in [0.3, 0.4) is 0 Å². The lowest BCUT2D eigenvalue weighted by atomic mass is 10.2. The quantitative estimate of drug-likeness (QED) is 0.900. The summed E-state index contributed by atoms with van der Waals surface area (Å²) in [5.41, 5.74) is 1.27. The Bertz CT molecular complexity index is 363. The third kappa shape index (κ3) is 2.74. The molecule has 1 aliphatic rings. The molecule has 2 rings (SSSR count). The van der Waals surface area contributed by atoms with Crippen LogP contribution in [0.5, 0.6) is 0 Å². The number of nitrogens with zero attached hydrogens (tertiary/aromatic N) is 2. The summed E-state index contributed by atoms with van der Waals surface area (Å²) in [6, 6.07) is 2.86. The van der Waals surface area contributed by atoms with Gasteiger partial charge in [-0.2, -0.15) is 0 Å². The van der Waals surface area contributed by atoms with Gasteiger partial charge in [0.05, 0.1) is 0 Å². The van der Waals surface area contributed by atoms with Crippen molar-refractivity contribution in [3.8, 4) is 0 Å². The molecule has 0 bridgehead atoms. The maximum absolute atomic E-state index is 4.53. The number of hydrogen-bond donors (Lipinski definition) is 1. The van der Waals surface area contributed by atoms with E-state index in [1.807, 2.05) is 6.20 Å². The number of nitrogens with one attached hydrogen (secondary N) is 1. The van der Waals surface area contributed by atoms with Crippen LogP contribution in [0, 0.1) is 0 Å². The van der Waals surface area contributed by atoms with Gasteiger partial charge in [0, 0.05) is 35.9 Å². The molecule has 4 heteroatoms. The van der Waals surface area contributed by atoms with Gasteiger partial charge in [-0.15, -0.1) is 0 Å². The highest BCUT2D eigenvalue weighted by Gasteiger charge is 2.28. The average molecular weight is 284 g/mol. The molecule has 88 valence electrons. The van der Waals surface area contributed by atoms with Crippen LogP contribution in [0.25, 0.3) is 0 Å². The predicted octanol–water partition coefficient (Wildman–Crippen LogP) is 2.55. The molecule has 0 amide bonds. The first-order chi connectivity index (χ1) is 7.72. The van der Waals surface area contributed by atoms with Crippen LogP contribution in [0.1, 0.15) is 25.3 Å². The van der Waals surface area contributed by atoms with E-state index in [9.17, 15) is 0 Å². The molecular formula is C12H18BrN3. The summed E-state index contributed by atoms with van der Waals surface area (Å²) in [6.07, 6.45) is 4.48. The summed E-state index contributed by atoms with van der Waals surface area (Å²) in [7, 11) is 2.14. The van der Waals surface area contributed by atoms with Gasteiger partial charge in [0.2, 0.25) is 0 Å². The molecule has 0 atom stereocenters. The molecule has 0 saturated heterocycles. The Morgan fingerprint density at radius 1 is 1.56 bits per heavy atom. The van der Waals surface area contributed by atoms with Crippen molar-refractivity contribution in [2.45, 2.75) is 32.4 Å². The smallest absolute Gasteiger partial charge is 0.133 e. The molecule has 0 unspecified atom stereocenters. The van der Waals surface area contributed by atoms with E-state index in [-0.39, 0.29) is 0 Å². The van der Waals surface area contributed by atoms with Gasteiger partial charge in [-0.1, -0.05) is 6.92 Å². The lowest BCUT2D eigenvalue weighted by molar-refractivity contribution is 0.718. The van der Waals surface area contributed by atoms with E-state index >= 15 is 0 Å². The zero-order valence-electron chi connectivity index (χ0n) is 9.83. The number of aromatic nitrogens is 1. The molecule has 1 aromatic heterocycles. The minimum Gasteiger partial charge on any atom is -0.356 e. The van der Waals surface area contributed by atoms with Crippen molar-refractivity contribution in [2.75, 3.05) is 18.5 Å². The normalized spacial score (nSPS) is 15.2. The first-order valence-corrected chi connectivity index (χ1v) is 6.59. The average Bonchev–Trinajstić information content (AvgIpc) is 3.09. The van der Waals surface area contributed by atoms with Gasteiger partial charge in [-0.3, -0.25) is 0 Å². The zero-order chi connectivity index (χ0) is 11.5. The van der Waals surface area contributed by atoms with Crippen LogP contribution < -0.4 is 10.2 Å². The highest BCUT2D eigenvalue weighted by molar-refractivity contribution is 9.10.